The molecule has 0 unspecified atom stereocenters. The summed E-state index contributed by atoms with van der Waals surface area (Å²) in [4.78, 5) is 17.7. The number of carbonyl (C=O) groups excluding carboxylic acids is 1. The summed E-state index contributed by atoms with van der Waals surface area (Å²) in [6, 6.07) is 11.8. The Morgan fingerprint density at radius 2 is 2.00 bits per heavy atom. The Morgan fingerprint density at radius 3 is 2.71 bits per heavy atom. The van der Waals surface area contributed by atoms with Gasteiger partial charge >= 0.3 is 0 Å². The molecule has 0 bridgehead atoms. The van der Waals surface area contributed by atoms with Gasteiger partial charge in [0.15, 0.2) is 4.80 Å². The number of nitrogens with zero attached hydrogens (tertiary/aromatic N) is 2. The van der Waals surface area contributed by atoms with Crippen molar-refractivity contribution in [3.63, 3.8) is 0 Å². The molecule has 0 aliphatic rings. The van der Waals surface area contributed by atoms with E-state index >= 15 is 0 Å². The first-order chi connectivity index (χ1) is 11.5. The van der Waals surface area contributed by atoms with Gasteiger partial charge < -0.3 is 4.57 Å². The van der Waals surface area contributed by atoms with E-state index in [0.717, 1.165) is 11.1 Å². The lowest BCUT2D eigenvalue weighted by Gasteiger charge is -2.03. The van der Waals surface area contributed by atoms with E-state index in [0.29, 0.717) is 16.9 Å². The van der Waals surface area contributed by atoms with E-state index in [1.165, 1.54) is 15.8 Å². The number of rotatable bonds is 3. The second-order valence-electron chi connectivity index (χ2n) is 6.00. The number of hydrogen-bond acceptors (Lipinski definition) is 2. The van der Waals surface area contributed by atoms with E-state index in [1.54, 1.807) is 17.4 Å². The lowest BCUT2D eigenvalue weighted by atomic mass is 10.1. The molecule has 24 heavy (non-hydrogen) atoms. The van der Waals surface area contributed by atoms with Crippen molar-refractivity contribution >= 4 is 27.5 Å². The van der Waals surface area contributed by atoms with E-state index in [-0.39, 0.29) is 5.91 Å². The maximum absolute atomic E-state index is 12.6. The van der Waals surface area contributed by atoms with Crippen molar-refractivity contribution in [3.05, 3.63) is 76.1 Å². The van der Waals surface area contributed by atoms with Gasteiger partial charge in [-0.15, -0.1) is 6.58 Å². The zero-order chi connectivity index (χ0) is 17.3. The van der Waals surface area contributed by atoms with Gasteiger partial charge in [0.25, 0.3) is 5.91 Å². The summed E-state index contributed by atoms with van der Waals surface area (Å²) >= 11 is 1.55. The Kier molecular flexibility index (Phi) is 4.49. The van der Waals surface area contributed by atoms with Crippen LogP contribution in [-0.4, -0.2) is 10.5 Å². The molecule has 3 aromatic rings. The van der Waals surface area contributed by atoms with Crippen LogP contribution in [-0.2, 0) is 6.54 Å². The molecule has 1 amide bonds. The summed E-state index contributed by atoms with van der Waals surface area (Å²) in [5.41, 5.74) is 5.18. The minimum atomic E-state index is -0.211. The number of fused-ring (bicyclic) bond motifs is 1. The molecule has 4 heteroatoms. The Morgan fingerprint density at radius 1 is 1.21 bits per heavy atom. The standard InChI is InChI=1S/C20H20N2OS/c1-5-9-22-17-12-14(3)10-15(4)18(17)24-20(22)21-19(23)16-8-6-7-13(2)11-16/h5-8,10-12H,1,9H2,2-4H3. The average Bonchev–Trinajstić information content (AvgIpc) is 2.86. The lowest BCUT2D eigenvalue weighted by Crippen LogP contribution is -2.16. The van der Waals surface area contributed by atoms with Crippen molar-refractivity contribution < 1.29 is 4.79 Å². The highest BCUT2D eigenvalue weighted by atomic mass is 32.1. The minimum Gasteiger partial charge on any atom is -0.312 e. The largest absolute Gasteiger partial charge is 0.312 e. The molecule has 0 spiro atoms. The summed E-state index contributed by atoms with van der Waals surface area (Å²) < 4.78 is 3.22. The van der Waals surface area contributed by atoms with Gasteiger partial charge in [0.2, 0.25) is 0 Å². The number of hydrogen-bond donors (Lipinski definition) is 0. The number of thiazole rings is 1. The number of aromatic nitrogens is 1. The molecular weight excluding hydrogens is 316 g/mol. The minimum absolute atomic E-state index is 0.211. The Labute approximate surface area is 145 Å². The monoisotopic (exact) mass is 336 g/mol. The SMILES string of the molecule is C=CCn1c(=NC(=O)c2cccc(C)c2)sc2c(C)cc(C)cc21. The molecule has 1 aromatic heterocycles. The third kappa shape index (κ3) is 3.10. The van der Waals surface area contributed by atoms with Gasteiger partial charge in [-0.1, -0.05) is 41.2 Å². The summed E-state index contributed by atoms with van der Waals surface area (Å²) in [7, 11) is 0. The Balaban J connectivity index is 2.21. The van der Waals surface area contributed by atoms with E-state index in [9.17, 15) is 4.79 Å². The summed E-state index contributed by atoms with van der Waals surface area (Å²) in [5.74, 6) is -0.211. The summed E-state index contributed by atoms with van der Waals surface area (Å²) in [5, 5.41) is 0. The molecule has 122 valence electrons. The van der Waals surface area contributed by atoms with Crippen LogP contribution in [0.3, 0.4) is 0 Å². The zero-order valence-electron chi connectivity index (χ0n) is 14.2. The van der Waals surface area contributed by atoms with Crippen LogP contribution in [0.15, 0.2) is 54.0 Å². The van der Waals surface area contributed by atoms with Gasteiger partial charge in [-0.05, 0) is 50.1 Å². The van der Waals surface area contributed by atoms with E-state index in [1.807, 2.05) is 31.2 Å². The predicted molar refractivity (Wildman–Crippen MR) is 101 cm³/mol. The molecular formula is C20H20N2OS. The molecule has 3 rings (SSSR count). The van der Waals surface area contributed by atoms with Crippen LogP contribution in [0, 0.1) is 20.8 Å². The number of carbonyl (C=O) groups is 1. The molecule has 0 aliphatic heterocycles. The van der Waals surface area contributed by atoms with E-state index in [4.69, 9.17) is 0 Å². The van der Waals surface area contributed by atoms with Crippen LogP contribution in [0.2, 0.25) is 0 Å². The van der Waals surface area contributed by atoms with Gasteiger partial charge in [0.05, 0.1) is 10.2 Å². The summed E-state index contributed by atoms with van der Waals surface area (Å²) in [6.45, 7) is 10.6. The van der Waals surface area contributed by atoms with Crippen molar-refractivity contribution in [2.24, 2.45) is 4.99 Å². The number of allylic oxidation sites excluding steroid dienone is 1. The van der Waals surface area contributed by atoms with Crippen molar-refractivity contribution in [1.29, 1.82) is 0 Å². The highest BCUT2D eigenvalue weighted by Gasteiger charge is 2.11. The predicted octanol–water partition coefficient (Wildman–Crippen LogP) is 4.56. The first kappa shape index (κ1) is 16.4. The van der Waals surface area contributed by atoms with E-state index < -0.39 is 0 Å². The van der Waals surface area contributed by atoms with Crippen molar-refractivity contribution in [3.8, 4) is 0 Å². The Hall–Kier alpha value is -2.46. The molecule has 1 heterocycles. The van der Waals surface area contributed by atoms with Gasteiger partial charge in [0.1, 0.15) is 0 Å². The number of benzene rings is 2. The van der Waals surface area contributed by atoms with Crippen LogP contribution >= 0.6 is 11.3 Å². The topological polar surface area (TPSA) is 34.4 Å². The van der Waals surface area contributed by atoms with Crippen molar-refractivity contribution in [1.82, 2.24) is 4.57 Å². The first-order valence-corrected chi connectivity index (χ1v) is 8.68. The normalized spacial score (nSPS) is 11.9. The van der Waals surface area contributed by atoms with Gasteiger partial charge in [-0.2, -0.15) is 4.99 Å². The Bertz CT molecular complexity index is 1010. The average molecular weight is 336 g/mol. The highest BCUT2D eigenvalue weighted by Crippen LogP contribution is 2.23. The van der Waals surface area contributed by atoms with Gasteiger partial charge in [-0.3, -0.25) is 4.79 Å². The molecule has 0 fully saturated rings. The second kappa shape index (κ2) is 6.57. The van der Waals surface area contributed by atoms with Crippen LogP contribution in [0.5, 0.6) is 0 Å². The molecule has 0 radical (unpaired) electrons. The molecule has 2 aromatic carbocycles. The second-order valence-corrected chi connectivity index (χ2v) is 6.98. The molecule has 3 nitrogen and oxygen atoms in total. The fourth-order valence-corrected chi connectivity index (χ4v) is 3.92. The molecule has 0 saturated heterocycles. The van der Waals surface area contributed by atoms with E-state index in [2.05, 4.69) is 42.1 Å². The van der Waals surface area contributed by atoms with Crippen molar-refractivity contribution in [2.45, 2.75) is 27.3 Å². The molecule has 0 aliphatic carbocycles. The van der Waals surface area contributed by atoms with Crippen LogP contribution < -0.4 is 4.80 Å². The smallest absolute Gasteiger partial charge is 0.279 e. The van der Waals surface area contributed by atoms with Gasteiger partial charge in [0, 0.05) is 12.1 Å². The quantitative estimate of drug-likeness (QED) is 0.646. The first-order valence-electron chi connectivity index (χ1n) is 7.87. The number of amides is 1. The molecule has 0 saturated carbocycles. The lowest BCUT2D eigenvalue weighted by molar-refractivity contribution is 0.0998. The van der Waals surface area contributed by atoms with Crippen LogP contribution in [0.25, 0.3) is 10.2 Å². The fourth-order valence-electron chi connectivity index (χ4n) is 2.83. The zero-order valence-corrected chi connectivity index (χ0v) is 15.0. The fraction of sp³-hybridized carbons (Fsp3) is 0.200. The van der Waals surface area contributed by atoms with Crippen molar-refractivity contribution in [2.75, 3.05) is 0 Å². The maximum atomic E-state index is 12.6. The molecule has 0 atom stereocenters. The summed E-state index contributed by atoms with van der Waals surface area (Å²) in [6.07, 6.45) is 1.83. The highest BCUT2D eigenvalue weighted by molar-refractivity contribution is 7.16. The van der Waals surface area contributed by atoms with Gasteiger partial charge in [-0.25, -0.2) is 0 Å². The third-order valence-electron chi connectivity index (χ3n) is 3.89. The van der Waals surface area contributed by atoms with Crippen LogP contribution in [0.1, 0.15) is 27.0 Å². The van der Waals surface area contributed by atoms with Crippen LogP contribution in [0.4, 0.5) is 0 Å². The third-order valence-corrected chi connectivity index (χ3v) is 5.12. The number of aryl methyl sites for hydroxylation is 3. The maximum Gasteiger partial charge on any atom is 0.279 e. The molecule has 0 N–H and O–H groups in total.